The molecule has 0 aliphatic carbocycles. The number of ether oxygens (including phenoxy) is 2. The van der Waals surface area contributed by atoms with Crippen molar-refractivity contribution in [1.82, 2.24) is 4.98 Å². The van der Waals surface area contributed by atoms with Crippen LogP contribution < -0.4 is 16.1 Å². The van der Waals surface area contributed by atoms with Gasteiger partial charge < -0.3 is 19.6 Å². The Morgan fingerprint density at radius 3 is 1.81 bits per heavy atom. The number of nitrogens with zero attached hydrogens (tertiary/aromatic N) is 1. The third-order valence-electron chi connectivity index (χ3n) is 8.63. The van der Waals surface area contributed by atoms with Crippen molar-refractivity contribution in [2.45, 2.75) is 111 Å². The average Bonchev–Trinajstić information content (AvgIpc) is 3.00. The smallest absolute Gasteiger partial charge is 0.345 e. The van der Waals surface area contributed by atoms with E-state index in [0.717, 1.165) is 70.3 Å². The van der Waals surface area contributed by atoms with Gasteiger partial charge in [-0.15, -0.1) is 0 Å². The van der Waals surface area contributed by atoms with E-state index >= 15 is 0 Å². The molecule has 3 rings (SSSR count). The maximum absolute atomic E-state index is 14.2. The van der Waals surface area contributed by atoms with E-state index in [9.17, 15) is 31.5 Å². The van der Waals surface area contributed by atoms with Crippen LogP contribution in [0.2, 0.25) is 0 Å². The number of rotatable bonds is 17. The molecule has 0 radical (unpaired) electrons. The first-order valence-electron chi connectivity index (χ1n) is 16.4. The third kappa shape index (κ3) is 9.76. The van der Waals surface area contributed by atoms with Gasteiger partial charge in [0.2, 0.25) is 17.4 Å². The highest BCUT2D eigenvalue weighted by Gasteiger charge is 2.46. The van der Waals surface area contributed by atoms with Crippen LogP contribution in [-0.2, 0) is 9.53 Å². The molecule has 0 spiro atoms. The van der Waals surface area contributed by atoms with Crippen LogP contribution in [0, 0.1) is 39.9 Å². The molecule has 0 saturated carbocycles. The SMILES string of the molecule is CC(C)(C)CC(C)(C)C(C)(N)C(=O)OCCCCCCCCCCCOc1ccc2cc(-c3c(F)c(F)c(F)c(F)c3F)c(=O)oc2n1. The molecule has 0 aliphatic rings. The molecule has 1 atom stereocenters. The lowest BCUT2D eigenvalue weighted by Crippen LogP contribution is -2.58. The van der Waals surface area contributed by atoms with Crippen LogP contribution in [0.4, 0.5) is 22.0 Å². The van der Waals surface area contributed by atoms with Gasteiger partial charge in [0.15, 0.2) is 23.3 Å². The Hall–Kier alpha value is -3.54. The number of hydrogen-bond donors (Lipinski definition) is 1. The fourth-order valence-electron chi connectivity index (χ4n) is 5.80. The van der Waals surface area contributed by atoms with Crippen LogP contribution in [-0.4, -0.2) is 29.7 Å². The van der Waals surface area contributed by atoms with E-state index < -0.39 is 56.8 Å². The maximum Gasteiger partial charge on any atom is 0.345 e. The second kappa shape index (κ2) is 16.2. The van der Waals surface area contributed by atoms with Crippen molar-refractivity contribution >= 4 is 17.1 Å². The van der Waals surface area contributed by atoms with E-state index in [1.165, 1.54) is 12.1 Å². The highest BCUT2D eigenvalue weighted by Crippen LogP contribution is 2.40. The van der Waals surface area contributed by atoms with Gasteiger partial charge in [-0.3, -0.25) is 4.79 Å². The lowest BCUT2D eigenvalue weighted by Gasteiger charge is -2.42. The number of esters is 1. The molecule has 3 aromatic rings. The topological polar surface area (TPSA) is 105 Å². The number of aromatic nitrogens is 1. The number of benzene rings is 1. The minimum atomic E-state index is -2.32. The number of carbonyl (C=O) groups excluding carboxylic acids is 1. The van der Waals surface area contributed by atoms with Gasteiger partial charge in [0, 0.05) is 11.5 Å². The van der Waals surface area contributed by atoms with Gasteiger partial charge in [-0.2, -0.15) is 4.98 Å². The summed E-state index contributed by atoms with van der Waals surface area (Å²) < 4.78 is 85.4. The molecule has 2 aromatic heterocycles. The molecule has 266 valence electrons. The van der Waals surface area contributed by atoms with Crippen molar-refractivity contribution in [3.8, 4) is 17.0 Å². The summed E-state index contributed by atoms with van der Waals surface area (Å²) in [5.41, 5.74) is 1.30. The van der Waals surface area contributed by atoms with Crippen molar-refractivity contribution < 1.29 is 40.6 Å². The Morgan fingerprint density at radius 2 is 1.27 bits per heavy atom. The second-order valence-corrected chi connectivity index (χ2v) is 14.4. The summed E-state index contributed by atoms with van der Waals surface area (Å²) in [6, 6.07) is 3.82. The van der Waals surface area contributed by atoms with E-state index in [2.05, 4.69) is 25.8 Å². The lowest BCUT2D eigenvalue weighted by atomic mass is 9.65. The average molecular weight is 683 g/mol. The van der Waals surface area contributed by atoms with Crippen molar-refractivity contribution in [1.29, 1.82) is 0 Å². The standard InChI is InChI=1S/C36H47F5N2O5/c1-34(2,3)21-35(4,5)36(6,42)33(45)47-19-15-13-11-9-7-8-10-12-14-18-46-24-17-16-22-20-23(32(44)48-31(22)43-24)25-26(37)28(39)30(41)29(40)27(25)38/h16-17,20H,7-15,18-19,21,42H2,1-6H3. The molecule has 0 aliphatic heterocycles. The first-order chi connectivity index (χ1) is 22.4. The molecule has 12 heteroatoms. The summed E-state index contributed by atoms with van der Waals surface area (Å²) >= 11 is 0. The van der Waals surface area contributed by atoms with Crippen LogP contribution in [0.25, 0.3) is 22.2 Å². The lowest BCUT2D eigenvalue weighted by molar-refractivity contribution is -0.155. The Kier molecular flexibility index (Phi) is 13.2. The molecule has 2 heterocycles. The summed E-state index contributed by atoms with van der Waals surface area (Å²) in [6.45, 7) is 12.9. The minimum Gasteiger partial charge on any atom is -0.478 e. The van der Waals surface area contributed by atoms with Crippen molar-refractivity contribution in [3.63, 3.8) is 0 Å². The maximum atomic E-state index is 14.2. The first-order valence-corrected chi connectivity index (χ1v) is 16.4. The Morgan fingerprint density at radius 1 is 0.771 bits per heavy atom. The quantitative estimate of drug-likeness (QED) is 0.0498. The summed E-state index contributed by atoms with van der Waals surface area (Å²) in [5.74, 6) is -11.1. The Labute approximate surface area is 278 Å². The largest absolute Gasteiger partial charge is 0.478 e. The van der Waals surface area contributed by atoms with Gasteiger partial charge in [-0.1, -0.05) is 79.6 Å². The molecular weight excluding hydrogens is 635 g/mol. The highest BCUT2D eigenvalue weighted by molar-refractivity contribution is 5.81. The molecule has 0 bridgehead atoms. The number of halogens is 5. The number of hydrogen-bond acceptors (Lipinski definition) is 7. The fraction of sp³-hybridized carbons (Fsp3) is 0.583. The molecule has 48 heavy (non-hydrogen) atoms. The molecule has 7 nitrogen and oxygen atoms in total. The number of carbonyl (C=O) groups is 1. The highest BCUT2D eigenvalue weighted by atomic mass is 19.2. The van der Waals surface area contributed by atoms with Crippen LogP contribution >= 0.6 is 0 Å². The molecule has 0 fully saturated rings. The van der Waals surface area contributed by atoms with Gasteiger partial charge >= 0.3 is 11.6 Å². The number of fused-ring (bicyclic) bond motifs is 1. The number of nitrogens with two attached hydrogens (primary N) is 1. The summed E-state index contributed by atoms with van der Waals surface area (Å²) in [6.07, 6.45) is 9.64. The fourth-order valence-corrected chi connectivity index (χ4v) is 5.80. The summed E-state index contributed by atoms with van der Waals surface area (Å²) in [5, 5.41) is 0.108. The molecule has 1 unspecified atom stereocenters. The van der Waals surface area contributed by atoms with Crippen LogP contribution in [0.15, 0.2) is 27.4 Å². The van der Waals surface area contributed by atoms with Gasteiger partial charge in [-0.05, 0) is 49.1 Å². The van der Waals surface area contributed by atoms with Gasteiger partial charge in [-0.25, -0.2) is 26.7 Å². The molecule has 0 saturated heterocycles. The first kappa shape index (κ1) is 38.9. The van der Waals surface area contributed by atoms with Crippen molar-refractivity contribution in [2.24, 2.45) is 16.6 Å². The van der Waals surface area contributed by atoms with Crippen molar-refractivity contribution in [3.05, 3.63) is 57.7 Å². The predicted molar refractivity (Wildman–Crippen MR) is 174 cm³/mol. The van der Waals surface area contributed by atoms with E-state index in [-0.39, 0.29) is 28.4 Å². The van der Waals surface area contributed by atoms with E-state index in [1.807, 2.05) is 13.8 Å². The van der Waals surface area contributed by atoms with E-state index in [1.54, 1.807) is 6.92 Å². The number of unbranched alkanes of at least 4 members (excludes halogenated alkanes) is 8. The number of pyridine rings is 1. The van der Waals surface area contributed by atoms with Crippen LogP contribution in [0.1, 0.15) is 106 Å². The molecule has 2 N–H and O–H groups in total. The third-order valence-corrected chi connectivity index (χ3v) is 8.63. The van der Waals surface area contributed by atoms with Crippen LogP contribution in [0.3, 0.4) is 0 Å². The zero-order valence-electron chi connectivity index (χ0n) is 28.7. The molecule has 1 aromatic carbocycles. The zero-order valence-corrected chi connectivity index (χ0v) is 28.7. The van der Waals surface area contributed by atoms with E-state index in [0.29, 0.717) is 13.2 Å². The molecule has 0 amide bonds. The van der Waals surface area contributed by atoms with Gasteiger partial charge in [0.1, 0.15) is 5.54 Å². The summed E-state index contributed by atoms with van der Waals surface area (Å²) in [7, 11) is 0. The van der Waals surface area contributed by atoms with E-state index in [4.69, 9.17) is 19.6 Å². The Balaban J connectivity index is 1.32. The van der Waals surface area contributed by atoms with Gasteiger partial charge in [0.25, 0.3) is 0 Å². The van der Waals surface area contributed by atoms with Crippen LogP contribution in [0.5, 0.6) is 5.88 Å². The molecular formula is C36H47F5N2O5. The summed E-state index contributed by atoms with van der Waals surface area (Å²) in [4.78, 5) is 29.2. The van der Waals surface area contributed by atoms with Gasteiger partial charge in [0.05, 0.1) is 24.3 Å². The zero-order chi connectivity index (χ0) is 35.9. The Bertz CT molecular complexity index is 1600. The monoisotopic (exact) mass is 682 g/mol. The predicted octanol–water partition coefficient (Wildman–Crippen LogP) is 9.16. The minimum absolute atomic E-state index is 0.0455. The second-order valence-electron chi connectivity index (χ2n) is 14.4. The normalized spacial score (nSPS) is 13.5. The van der Waals surface area contributed by atoms with Crippen molar-refractivity contribution in [2.75, 3.05) is 13.2 Å².